The van der Waals surface area contributed by atoms with E-state index >= 15 is 0 Å². The maximum atomic E-state index is 3.92. The van der Waals surface area contributed by atoms with Crippen LogP contribution in [0.1, 0.15) is 55.9 Å². The number of aryl methyl sites for hydroxylation is 2. The van der Waals surface area contributed by atoms with Crippen LogP contribution in [0.5, 0.6) is 0 Å². The first kappa shape index (κ1) is 13.1. The van der Waals surface area contributed by atoms with Gasteiger partial charge in [0.2, 0.25) is 0 Å². The van der Waals surface area contributed by atoms with Crippen LogP contribution in [0.25, 0.3) is 0 Å². The average molecular weight is 392 g/mol. The predicted octanol–water partition coefficient (Wildman–Crippen LogP) is 5.85. The molecule has 2 unspecified atom stereocenters. The van der Waals surface area contributed by atoms with E-state index in [0.717, 1.165) is 0 Å². The van der Waals surface area contributed by atoms with Crippen LogP contribution in [0.2, 0.25) is 0 Å². The quantitative estimate of drug-likeness (QED) is 0.494. The van der Waals surface area contributed by atoms with Gasteiger partial charge in [-0.2, -0.15) is 0 Å². The van der Waals surface area contributed by atoms with E-state index in [-0.39, 0.29) is 0 Å². The van der Waals surface area contributed by atoms with E-state index in [1.165, 1.54) is 47.9 Å². The Morgan fingerprint density at radius 3 is 1.60 bits per heavy atom. The molecule has 0 nitrogen and oxygen atoms in total. The second kappa shape index (κ2) is 4.99. The van der Waals surface area contributed by atoms with Crippen molar-refractivity contribution in [1.82, 2.24) is 0 Å². The summed E-state index contributed by atoms with van der Waals surface area (Å²) in [5.74, 6) is 0. The highest BCUT2D eigenvalue weighted by Gasteiger charge is 2.30. The van der Waals surface area contributed by atoms with Crippen LogP contribution in [0.4, 0.5) is 0 Å². The second-order valence-corrected chi connectivity index (χ2v) is 7.64. The SMILES string of the molecule is BrC1c2ccccc2C(Br)c2cc3c(cc21)CCCC3. The summed E-state index contributed by atoms with van der Waals surface area (Å²) in [6.07, 6.45) is 5.17. The first-order valence-electron chi connectivity index (χ1n) is 7.28. The van der Waals surface area contributed by atoms with Gasteiger partial charge in [0.05, 0.1) is 9.65 Å². The van der Waals surface area contributed by atoms with Gasteiger partial charge in [0.25, 0.3) is 0 Å². The van der Waals surface area contributed by atoms with Gasteiger partial charge in [0.15, 0.2) is 0 Å². The lowest BCUT2D eigenvalue weighted by Crippen LogP contribution is -2.14. The Bertz CT molecular complexity index is 617. The van der Waals surface area contributed by atoms with Crippen LogP contribution in [0.15, 0.2) is 36.4 Å². The molecule has 4 rings (SSSR count). The maximum absolute atomic E-state index is 3.92. The Labute approximate surface area is 136 Å². The van der Waals surface area contributed by atoms with Crippen molar-refractivity contribution in [3.05, 3.63) is 69.8 Å². The lowest BCUT2D eigenvalue weighted by molar-refractivity contribution is 0.682. The number of hydrogen-bond acceptors (Lipinski definition) is 0. The summed E-state index contributed by atoms with van der Waals surface area (Å²) in [6.45, 7) is 0. The monoisotopic (exact) mass is 390 g/mol. The molecule has 0 spiro atoms. The standard InChI is InChI=1S/C18H16Br2/c19-17-13-7-3-4-8-14(13)18(20)16-10-12-6-2-1-5-11(12)9-15(16)17/h3-4,7-10,17-18H,1-2,5-6H2. The summed E-state index contributed by atoms with van der Waals surface area (Å²) in [5, 5.41) is 0. The number of halogens is 2. The summed E-state index contributed by atoms with van der Waals surface area (Å²) in [6, 6.07) is 13.7. The van der Waals surface area contributed by atoms with E-state index in [4.69, 9.17) is 0 Å². The molecule has 0 saturated carbocycles. The van der Waals surface area contributed by atoms with E-state index in [1.807, 2.05) is 0 Å². The molecular formula is C18H16Br2. The van der Waals surface area contributed by atoms with Crippen LogP contribution in [-0.2, 0) is 12.8 Å². The fourth-order valence-corrected chi connectivity index (χ4v) is 5.20. The van der Waals surface area contributed by atoms with Gasteiger partial charge in [-0.1, -0.05) is 68.3 Å². The Hall–Kier alpha value is -0.600. The first-order chi connectivity index (χ1) is 9.75. The van der Waals surface area contributed by atoms with E-state index in [2.05, 4.69) is 68.3 Å². The summed E-state index contributed by atoms with van der Waals surface area (Å²) >= 11 is 7.84. The van der Waals surface area contributed by atoms with Crippen molar-refractivity contribution in [3.8, 4) is 0 Å². The lowest BCUT2D eigenvalue weighted by atomic mass is 9.81. The highest BCUT2D eigenvalue weighted by molar-refractivity contribution is 9.09. The van der Waals surface area contributed by atoms with Gasteiger partial charge in [0.1, 0.15) is 0 Å². The van der Waals surface area contributed by atoms with Crippen molar-refractivity contribution in [2.75, 3.05) is 0 Å². The van der Waals surface area contributed by atoms with Gasteiger partial charge in [-0.05, 0) is 59.1 Å². The zero-order chi connectivity index (χ0) is 13.7. The van der Waals surface area contributed by atoms with Crippen LogP contribution in [0.3, 0.4) is 0 Å². The topological polar surface area (TPSA) is 0 Å². The first-order valence-corrected chi connectivity index (χ1v) is 9.11. The van der Waals surface area contributed by atoms with Crippen LogP contribution in [-0.4, -0.2) is 0 Å². The average Bonchev–Trinajstić information content (AvgIpc) is 2.51. The molecule has 0 aliphatic heterocycles. The number of fused-ring (bicyclic) bond motifs is 3. The molecule has 0 heterocycles. The molecule has 2 heteroatoms. The molecule has 2 atom stereocenters. The Morgan fingerprint density at radius 1 is 0.700 bits per heavy atom. The lowest BCUT2D eigenvalue weighted by Gasteiger charge is -2.31. The van der Waals surface area contributed by atoms with E-state index in [0.29, 0.717) is 9.65 Å². The molecule has 102 valence electrons. The normalized spacial score (nSPS) is 23.7. The number of benzene rings is 2. The zero-order valence-electron chi connectivity index (χ0n) is 11.2. The van der Waals surface area contributed by atoms with Crippen molar-refractivity contribution >= 4 is 31.9 Å². The molecule has 0 amide bonds. The Kier molecular flexibility index (Phi) is 3.27. The van der Waals surface area contributed by atoms with Gasteiger partial charge in [-0.3, -0.25) is 0 Å². The molecule has 0 bridgehead atoms. The molecule has 2 aliphatic rings. The number of alkyl halides is 2. The number of hydrogen-bond donors (Lipinski definition) is 0. The molecule has 2 aliphatic carbocycles. The molecule has 20 heavy (non-hydrogen) atoms. The van der Waals surface area contributed by atoms with Gasteiger partial charge < -0.3 is 0 Å². The molecule has 0 N–H and O–H groups in total. The smallest absolute Gasteiger partial charge is 0.0651 e. The van der Waals surface area contributed by atoms with Crippen molar-refractivity contribution in [3.63, 3.8) is 0 Å². The minimum Gasteiger partial charge on any atom is -0.0786 e. The van der Waals surface area contributed by atoms with Gasteiger partial charge in [0, 0.05) is 0 Å². The van der Waals surface area contributed by atoms with Gasteiger partial charge in [-0.25, -0.2) is 0 Å². The van der Waals surface area contributed by atoms with Gasteiger partial charge in [-0.15, -0.1) is 0 Å². The maximum Gasteiger partial charge on any atom is 0.0651 e. The number of rotatable bonds is 0. The van der Waals surface area contributed by atoms with E-state index in [1.54, 1.807) is 11.1 Å². The summed E-state index contributed by atoms with van der Waals surface area (Å²) < 4.78 is 0. The Balaban J connectivity index is 1.92. The molecule has 0 fully saturated rings. The summed E-state index contributed by atoms with van der Waals surface area (Å²) in [5.41, 5.74) is 8.84. The molecule has 0 saturated heterocycles. The molecular weight excluding hydrogens is 376 g/mol. The van der Waals surface area contributed by atoms with Crippen LogP contribution < -0.4 is 0 Å². The molecule has 2 aromatic rings. The fraction of sp³-hybridized carbons (Fsp3) is 0.333. The molecule has 0 aromatic heterocycles. The predicted molar refractivity (Wildman–Crippen MR) is 91.1 cm³/mol. The van der Waals surface area contributed by atoms with Crippen molar-refractivity contribution in [1.29, 1.82) is 0 Å². The van der Waals surface area contributed by atoms with Crippen molar-refractivity contribution in [2.24, 2.45) is 0 Å². The Morgan fingerprint density at radius 2 is 1.15 bits per heavy atom. The summed E-state index contributed by atoms with van der Waals surface area (Å²) in [4.78, 5) is 0.657. The van der Waals surface area contributed by atoms with Gasteiger partial charge >= 0.3 is 0 Å². The van der Waals surface area contributed by atoms with Crippen molar-refractivity contribution < 1.29 is 0 Å². The third-order valence-electron chi connectivity index (χ3n) is 4.64. The van der Waals surface area contributed by atoms with Crippen LogP contribution in [0, 0.1) is 0 Å². The minimum atomic E-state index is 0.328. The third kappa shape index (κ3) is 1.92. The molecule has 0 radical (unpaired) electrons. The molecule has 2 aromatic carbocycles. The fourth-order valence-electron chi connectivity index (χ4n) is 3.57. The third-order valence-corrected chi connectivity index (χ3v) is 6.61. The highest BCUT2D eigenvalue weighted by Crippen LogP contribution is 2.49. The minimum absolute atomic E-state index is 0.328. The van der Waals surface area contributed by atoms with Crippen molar-refractivity contribution in [2.45, 2.75) is 35.3 Å². The second-order valence-electron chi connectivity index (χ2n) is 5.81. The van der Waals surface area contributed by atoms with E-state index in [9.17, 15) is 0 Å². The largest absolute Gasteiger partial charge is 0.0786 e. The summed E-state index contributed by atoms with van der Waals surface area (Å²) in [7, 11) is 0. The zero-order valence-corrected chi connectivity index (χ0v) is 14.4. The van der Waals surface area contributed by atoms with Crippen LogP contribution >= 0.6 is 31.9 Å². The highest BCUT2D eigenvalue weighted by atomic mass is 79.9. The van der Waals surface area contributed by atoms with E-state index < -0.39 is 0 Å².